The predicted octanol–water partition coefficient (Wildman–Crippen LogP) is 2.44. The minimum Gasteiger partial charge on any atom is -0.394 e. The zero-order valence-corrected chi connectivity index (χ0v) is 11.9. The highest BCUT2D eigenvalue weighted by molar-refractivity contribution is 5.99. The number of rotatable bonds is 3. The van der Waals surface area contributed by atoms with Crippen molar-refractivity contribution in [1.29, 1.82) is 0 Å². The van der Waals surface area contributed by atoms with Crippen molar-refractivity contribution in [2.75, 3.05) is 11.9 Å². The highest BCUT2D eigenvalue weighted by atomic mass is 16.3. The van der Waals surface area contributed by atoms with E-state index in [-0.39, 0.29) is 12.6 Å². The van der Waals surface area contributed by atoms with Gasteiger partial charge in [0.25, 0.3) is 0 Å². The van der Waals surface area contributed by atoms with Crippen LogP contribution in [0.5, 0.6) is 0 Å². The lowest BCUT2D eigenvalue weighted by Gasteiger charge is -2.23. The molecule has 1 heterocycles. The molecule has 5 heteroatoms. The Morgan fingerprint density at radius 3 is 2.75 bits per heavy atom. The molecule has 0 atom stereocenters. The van der Waals surface area contributed by atoms with E-state index in [0.29, 0.717) is 5.69 Å². The van der Waals surface area contributed by atoms with Crippen LogP contribution in [0.25, 0.3) is 10.9 Å². The number of carbonyl (C=O) groups excluding carboxylic acids is 1. The predicted molar refractivity (Wildman–Crippen MR) is 79.8 cm³/mol. The van der Waals surface area contributed by atoms with Crippen LogP contribution in [0.15, 0.2) is 30.3 Å². The number of aliphatic hydroxyl groups is 1. The summed E-state index contributed by atoms with van der Waals surface area (Å²) >= 11 is 0. The second kappa shape index (κ2) is 5.46. The van der Waals surface area contributed by atoms with Crippen LogP contribution in [0, 0.1) is 6.92 Å². The van der Waals surface area contributed by atoms with Crippen LogP contribution in [-0.4, -0.2) is 28.3 Å². The van der Waals surface area contributed by atoms with Crippen molar-refractivity contribution in [2.45, 2.75) is 26.3 Å². The van der Waals surface area contributed by atoms with Crippen molar-refractivity contribution in [1.82, 2.24) is 10.3 Å². The first kappa shape index (κ1) is 14.3. The van der Waals surface area contributed by atoms with Crippen molar-refractivity contribution in [3.8, 4) is 0 Å². The Hall–Kier alpha value is -2.14. The van der Waals surface area contributed by atoms with Gasteiger partial charge >= 0.3 is 6.03 Å². The number of carbonyl (C=O) groups is 1. The van der Waals surface area contributed by atoms with Gasteiger partial charge in [0.2, 0.25) is 0 Å². The number of nitrogens with zero attached hydrogens (tertiary/aromatic N) is 1. The van der Waals surface area contributed by atoms with Gasteiger partial charge in [-0.1, -0.05) is 18.2 Å². The van der Waals surface area contributed by atoms with Gasteiger partial charge in [0.05, 0.1) is 23.3 Å². The summed E-state index contributed by atoms with van der Waals surface area (Å²) in [6.45, 7) is 5.27. The second-order valence-corrected chi connectivity index (χ2v) is 5.45. The van der Waals surface area contributed by atoms with Crippen LogP contribution >= 0.6 is 0 Å². The van der Waals surface area contributed by atoms with Gasteiger partial charge in [-0.15, -0.1) is 0 Å². The molecule has 0 aliphatic carbocycles. The molecule has 1 aromatic carbocycles. The molecule has 2 amide bonds. The van der Waals surface area contributed by atoms with E-state index in [4.69, 9.17) is 5.11 Å². The number of benzene rings is 1. The smallest absolute Gasteiger partial charge is 0.319 e. The summed E-state index contributed by atoms with van der Waals surface area (Å²) in [5.41, 5.74) is 1.63. The summed E-state index contributed by atoms with van der Waals surface area (Å²) in [5.74, 6) is 0. The van der Waals surface area contributed by atoms with Crippen LogP contribution in [0.3, 0.4) is 0 Å². The zero-order chi connectivity index (χ0) is 14.8. The van der Waals surface area contributed by atoms with Crippen molar-refractivity contribution in [3.63, 3.8) is 0 Å². The maximum Gasteiger partial charge on any atom is 0.319 e. The Balaban J connectivity index is 2.26. The largest absolute Gasteiger partial charge is 0.394 e. The van der Waals surface area contributed by atoms with E-state index in [2.05, 4.69) is 15.6 Å². The molecule has 0 saturated heterocycles. The van der Waals surface area contributed by atoms with Crippen molar-refractivity contribution in [3.05, 3.63) is 36.0 Å². The number of aromatic nitrogens is 1. The maximum atomic E-state index is 12.0. The molecule has 2 aromatic rings. The molecule has 0 aliphatic rings. The molecule has 106 valence electrons. The number of hydrogen-bond acceptors (Lipinski definition) is 3. The number of pyridine rings is 1. The molecule has 3 N–H and O–H groups in total. The Morgan fingerprint density at radius 1 is 1.30 bits per heavy atom. The van der Waals surface area contributed by atoms with Crippen molar-refractivity contribution < 1.29 is 9.90 Å². The number of amides is 2. The molecule has 5 nitrogen and oxygen atoms in total. The number of nitrogens with one attached hydrogen (secondary N) is 2. The number of para-hydroxylation sites is 1. The molecule has 2 rings (SSSR count). The van der Waals surface area contributed by atoms with Crippen molar-refractivity contribution in [2.24, 2.45) is 0 Å². The molecular weight excluding hydrogens is 254 g/mol. The van der Waals surface area contributed by atoms with Gasteiger partial charge in [-0.25, -0.2) is 4.79 Å². The number of hydrogen-bond donors (Lipinski definition) is 3. The lowest BCUT2D eigenvalue weighted by molar-refractivity contribution is 0.187. The van der Waals surface area contributed by atoms with E-state index in [1.165, 1.54) is 0 Å². The molecule has 0 saturated carbocycles. The molecule has 0 aliphatic heterocycles. The fraction of sp³-hybridized carbons (Fsp3) is 0.333. The molecule has 20 heavy (non-hydrogen) atoms. The molecular formula is C15H19N3O2. The lowest BCUT2D eigenvalue weighted by Crippen LogP contribution is -2.48. The van der Waals surface area contributed by atoms with E-state index in [1.807, 2.05) is 31.2 Å². The Labute approximate surface area is 118 Å². The molecule has 0 bridgehead atoms. The van der Waals surface area contributed by atoms with Crippen LogP contribution in [0.1, 0.15) is 19.5 Å². The summed E-state index contributed by atoms with van der Waals surface area (Å²) in [6, 6.07) is 9.16. The van der Waals surface area contributed by atoms with Gasteiger partial charge in [-0.05, 0) is 32.9 Å². The highest BCUT2D eigenvalue weighted by Gasteiger charge is 2.19. The van der Waals surface area contributed by atoms with E-state index in [1.54, 1.807) is 19.9 Å². The van der Waals surface area contributed by atoms with Crippen LogP contribution in [0.2, 0.25) is 0 Å². The molecule has 1 aromatic heterocycles. The summed E-state index contributed by atoms with van der Waals surface area (Å²) in [6.07, 6.45) is 0. The molecule has 0 unspecified atom stereocenters. The Bertz CT molecular complexity index is 638. The fourth-order valence-corrected chi connectivity index (χ4v) is 1.85. The normalized spacial score (nSPS) is 11.4. The van der Waals surface area contributed by atoms with Gasteiger partial charge in [0, 0.05) is 11.1 Å². The SMILES string of the molecule is Cc1ccc2cccc(NC(=O)NC(C)(C)CO)c2n1. The van der Waals surface area contributed by atoms with Crippen LogP contribution < -0.4 is 10.6 Å². The summed E-state index contributed by atoms with van der Waals surface area (Å²) < 4.78 is 0. The first-order valence-electron chi connectivity index (χ1n) is 6.48. The minimum atomic E-state index is -0.669. The molecule has 0 fully saturated rings. The first-order chi connectivity index (χ1) is 9.41. The monoisotopic (exact) mass is 273 g/mol. The Kier molecular flexibility index (Phi) is 3.90. The van der Waals surface area contributed by atoms with E-state index in [9.17, 15) is 4.79 Å². The first-order valence-corrected chi connectivity index (χ1v) is 6.48. The standard InChI is InChI=1S/C15H19N3O2/c1-10-7-8-11-5-4-6-12(13(11)16-10)17-14(20)18-15(2,3)9-19/h4-8,19H,9H2,1-3H3,(H2,17,18,20). The van der Waals surface area contributed by atoms with Crippen LogP contribution in [-0.2, 0) is 0 Å². The fourth-order valence-electron chi connectivity index (χ4n) is 1.85. The van der Waals surface area contributed by atoms with Gasteiger partial charge in [0.15, 0.2) is 0 Å². The number of fused-ring (bicyclic) bond motifs is 1. The van der Waals surface area contributed by atoms with Crippen LogP contribution in [0.4, 0.5) is 10.5 Å². The summed E-state index contributed by atoms with van der Waals surface area (Å²) in [5, 5.41) is 15.6. The Morgan fingerprint density at radius 2 is 2.05 bits per heavy atom. The zero-order valence-electron chi connectivity index (χ0n) is 11.9. The second-order valence-electron chi connectivity index (χ2n) is 5.45. The average Bonchev–Trinajstić information content (AvgIpc) is 2.39. The van der Waals surface area contributed by atoms with Gasteiger partial charge in [-0.2, -0.15) is 0 Å². The third-order valence-corrected chi connectivity index (χ3v) is 2.95. The van der Waals surface area contributed by atoms with Gasteiger partial charge < -0.3 is 15.7 Å². The van der Waals surface area contributed by atoms with Gasteiger partial charge in [0.1, 0.15) is 0 Å². The molecule has 0 spiro atoms. The van der Waals surface area contributed by atoms with E-state index >= 15 is 0 Å². The number of anilines is 1. The third-order valence-electron chi connectivity index (χ3n) is 2.95. The van der Waals surface area contributed by atoms with Gasteiger partial charge in [-0.3, -0.25) is 4.98 Å². The highest BCUT2D eigenvalue weighted by Crippen LogP contribution is 2.21. The average molecular weight is 273 g/mol. The number of aliphatic hydroxyl groups excluding tert-OH is 1. The van der Waals surface area contributed by atoms with Crippen molar-refractivity contribution >= 4 is 22.6 Å². The maximum absolute atomic E-state index is 12.0. The quantitative estimate of drug-likeness (QED) is 0.804. The number of aryl methyl sites for hydroxylation is 1. The minimum absolute atomic E-state index is 0.132. The lowest BCUT2D eigenvalue weighted by atomic mass is 10.1. The van der Waals surface area contributed by atoms with E-state index < -0.39 is 5.54 Å². The third kappa shape index (κ3) is 3.24. The molecule has 0 radical (unpaired) electrons. The van der Waals surface area contributed by atoms with E-state index in [0.717, 1.165) is 16.6 Å². The number of urea groups is 1. The summed E-state index contributed by atoms with van der Waals surface area (Å²) in [7, 11) is 0. The topological polar surface area (TPSA) is 74.2 Å². The summed E-state index contributed by atoms with van der Waals surface area (Å²) in [4.78, 5) is 16.4.